The molecule has 0 amide bonds. The molecule has 1 aromatic carbocycles. The Bertz CT molecular complexity index is 394. The molecular weight excluding hydrogens is 283 g/mol. The van der Waals surface area contributed by atoms with E-state index in [0.717, 1.165) is 23.7 Å². The van der Waals surface area contributed by atoms with Crippen LogP contribution in [0.1, 0.15) is 31.7 Å². The minimum atomic E-state index is -0.274. The van der Waals surface area contributed by atoms with Gasteiger partial charge in [0, 0.05) is 4.47 Å². The van der Waals surface area contributed by atoms with E-state index in [9.17, 15) is 9.50 Å². The molecule has 0 aromatic heterocycles. The molecule has 1 nitrogen and oxygen atoms in total. The van der Waals surface area contributed by atoms with Gasteiger partial charge in [0.25, 0.3) is 0 Å². The zero-order valence-corrected chi connectivity index (χ0v) is 11.6. The summed E-state index contributed by atoms with van der Waals surface area (Å²) >= 11 is 3.36. The van der Waals surface area contributed by atoms with Crippen LogP contribution < -0.4 is 0 Å². The zero-order chi connectivity index (χ0) is 12.4. The van der Waals surface area contributed by atoms with Crippen LogP contribution in [0.4, 0.5) is 4.39 Å². The lowest BCUT2D eigenvalue weighted by atomic mass is 9.77. The van der Waals surface area contributed by atoms with Crippen molar-refractivity contribution in [2.75, 3.05) is 0 Å². The van der Waals surface area contributed by atoms with Crippen LogP contribution in [0, 0.1) is 17.7 Å². The molecule has 0 spiro atoms. The topological polar surface area (TPSA) is 20.2 Å². The Hall–Kier alpha value is -0.410. The van der Waals surface area contributed by atoms with Gasteiger partial charge < -0.3 is 5.11 Å². The molecule has 3 unspecified atom stereocenters. The van der Waals surface area contributed by atoms with Crippen molar-refractivity contribution in [3.05, 3.63) is 34.1 Å². The maximum atomic E-state index is 13.6. The van der Waals surface area contributed by atoms with Crippen LogP contribution >= 0.6 is 15.9 Å². The van der Waals surface area contributed by atoms with Gasteiger partial charge in [0.1, 0.15) is 5.82 Å². The molecule has 17 heavy (non-hydrogen) atoms. The van der Waals surface area contributed by atoms with Crippen LogP contribution in [-0.2, 0) is 6.42 Å². The average molecular weight is 301 g/mol. The van der Waals surface area contributed by atoms with E-state index in [4.69, 9.17) is 0 Å². The summed E-state index contributed by atoms with van der Waals surface area (Å²) in [4.78, 5) is 0. The van der Waals surface area contributed by atoms with Crippen molar-refractivity contribution in [1.29, 1.82) is 0 Å². The minimum Gasteiger partial charge on any atom is -0.393 e. The first-order valence-electron chi connectivity index (χ1n) is 6.18. The summed E-state index contributed by atoms with van der Waals surface area (Å²) in [5, 5.41) is 9.97. The van der Waals surface area contributed by atoms with E-state index in [-0.39, 0.29) is 17.8 Å². The Kier molecular flexibility index (Phi) is 4.21. The van der Waals surface area contributed by atoms with Crippen molar-refractivity contribution in [3.63, 3.8) is 0 Å². The van der Waals surface area contributed by atoms with E-state index in [1.165, 1.54) is 6.07 Å². The lowest BCUT2D eigenvalue weighted by Crippen LogP contribution is -2.29. The molecule has 0 aliphatic heterocycles. The smallest absolute Gasteiger partial charge is 0.126 e. The Labute approximate surface area is 110 Å². The number of halogens is 2. The molecule has 1 saturated carbocycles. The van der Waals surface area contributed by atoms with Gasteiger partial charge in [0.15, 0.2) is 0 Å². The molecule has 0 saturated heterocycles. The van der Waals surface area contributed by atoms with Crippen molar-refractivity contribution in [1.82, 2.24) is 0 Å². The number of rotatable bonds is 2. The largest absolute Gasteiger partial charge is 0.393 e. The third-order valence-corrected chi connectivity index (χ3v) is 4.19. The van der Waals surface area contributed by atoms with Gasteiger partial charge in [0.05, 0.1) is 6.10 Å². The minimum absolute atomic E-state index is 0.168. The second-order valence-electron chi connectivity index (χ2n) is 5.19. The average Bonchev–Trinajstić information content (AvgIpc) is 2.28. The number of benzene rings is 1. The van der Waals surface area contributed by atoms with Gasteiger partial charge >= 0.3 is 0 Å². The fourth-order valence-electron chi connectivity index (χ4n) is 2.68. The third-order valence-electron chi connectivity index (χ3n) is 3.69. The molecule has 0 heterocycles. The van der Waals surface area contributed by atoms with Gasteiger partial charge in [-0.3, -0.25) is 0 Å². The van der Waals surface area contributed by atoms with E-state index in [1.807, 2.05) is 6.07 Å². The lowest BCUT2D eigenvalue weighted by Gasteiger charge is -2.31. The first-order chi connectivity index (χ1) is 8.06. The second kappa shape index (κ2) is 5.49. The molecule has 1 aliphatic carbocycles. The fourth-order valence-corrected chi connectivity index (χ4v) is 3.09. The molecule has 3 heteroatoms. The predicted molar refractivity (Wildman–Crippen MR) is 70.3 cm³/mol. The number of hydrogen-bond donors (Lipinski definition) is 1. The predicted octanol–water partition coefficient (Wildman–Crippen LogP) is 3.93. The van der Waals surface area contributed by atoms with Crippen LogP contribution in [0.15, 0.2) is 22.7 Å². The first-order valence-corrected chi connectivity index (χ1v) is 6.97. The maximum absolute atomic E-state index is 13.6. The van der Waals surface area contributed by atoms with Gasteiger partial charge in [-0.1, -0.05) is 22.9 Å². The Balaban J connectivity index is 2.11. The van der Waals surface area contributed by atoms with Gasteiger partial charge in [-0.2, -0.15) is 0 Å². The van der Waals surface area contributed by atoms with Crippen LogP contribution in [-0.4, -0.2) is 11.2 Å². The summed E-state index contributed by atoms with van der Waals surface area (Å²) in [7, 11) is 0. The molecule has 1 fully saturated rings. The highest BCUT2D eigenvalue weighted by molar-refractivity contribution is 9.10. The molecule has 0 radical (unpaired) electrons. The maximum Gasteiger partial charge on any atom is 0.126 e. The quantitative estimate of drug-likeness (QED) is 0.877. The van der Waals surface area contributed by atoms with Crippen molar-refractivity contribution in [3.8, 4) is 0 Å². The Morgan fingerprint density at radius 2 is 2.18 bits per heavy atom. The number of aliphatic hydroxyl groups is 1. The summed E-state index contributed by atoms with van der Waals surface area (Å²) in [5.74, 6) is 0.666. The van der Waals surface area contributed by atoms with E-state index in [1.54, 1.807) is 6.07 Å². The van der Waals surface area contributed by atoms with Gasteiger partial charge in [-0.15, -0.1) is 0 Å². The van der Waals surface area contributed by atoms with Crippen molar-refractivity contribution in [2.45, 2.75) is 38.7 Å². The Morgan fingerprint density at radius 3 is 2.94 bits per heavy atom. The second-order valence-corrected chi connectivity index (χ2v) is 6.10. The third kappa shape index (κ3) is 3.29. The SMILES string of the molecule is CC1CCC(O)C(Cc2cc(Br)ccc2F)C1. The normalized spacial score (nSPS) is 29.3. The standard InChI is InChI=1S/C14H18BrFO/c1-9-2-5-14(17)11(6-9)7-10-8-12(15)3-4-13(10)16/h3-4,8-9,11,14,17H,2,5-7H2,1H3. The molecule has 1 N–H and O–H groups in total. The van der Waals surface area contributed by atoms with Gasteiger partial charge in [-0.05, 0) is 61.3 Å². The summed E-state index contributed by atoms with van der Waals surface area (Å²) in [6.45, 7) is 2.20. The van der Waals surface area contributed by atoms with E-state index < -0.39 is 0 Å². The Morgan fingerprint density at radius 1 is 1.41 bits per heavy atom. The number of aliphatic hydroxyl groups excluding tert-OH is 1. The molecule has 94 valence electrons. The molecule has 2 rings (SSSR count). The summed E-state index contributed by atoms with van der Waals surface area (Å²) in [5.41, 5.74) is 0.706. The van der Waals surface area contributed by atoms with Crippen molar-refractivity contribution >= 4 is 15.9 Å². The van der Waals surface area contributed by atoms with Gasteiger partial charge in [-0.25, -0.2) is 4.39 Å². The molecule has 1 aromatic rings. The highest BCUT2D eigenvalue weighted by Gasteiger charge is 2.27. The van der Waals surface area contributed by atoms with Crippen molar-refractivity contribution < 1.29 is 9.50 Å². The highest BCUT2D eigenvalue weighted by Crippen LogP contribution is 2.32. The first kappa shape index (κ1) is 13.0. The fraction of sp³-hybridized carbons (Fsp3) is 0.571. The molecule has 3 atom stereocenters. The van der Waals surface area contributed by atoms with Crippen molar-refractivity contribution in [2.24, 2.45) is 11.8 Å². The van der Waals surface area contributed by atoms with Crippen LogP contribution in [0.2, 0.25) is 0 Å². The zero-order valence-electron chi connectivity index (χ0n) is 10.00. The number of hydrogen-bond acceptors (Lipinski definition) is 1. The summed E-state index contributed by atoms with van der Waals surface area (Å²) in [6, 6.07) is 5.01. The summed E-state index contributed by atoms with van der Waals surface area (Å²) < 4.78 is 14.5. The lowest BCUT2D eigenvalue weighted by molar-refractivity contribution is 0.0515. The molecule has 0 bridgehead atoms. The van der Waals surface area contributed by atoms with Crippen LogP contribution in [0.3, 0.4) is 0 Å². The van der Waals surface area contributed by atoms with Crippen LogP contribution in [0.5, 0.6) is 0 Å². The highest BCUT2D eigenvalue weighted by atomic mass is 79.9. The van der Waals surface area contributed by atoms with E-state index in [0.29, 0.717) is 17.9 Å². The van der Waals surface area contributed by atoms with E-state index >= 15 is 0 Å². The molecular formula is C14H18BrFO. The monoisotopic (exact) mass is 300 g/mol. The van der Waals surface area contributed by atoms with Gasteiger partial charge in [0.2, 0.25) is 0 Å². The molecule has 1 aliphatic rings. The van der Waals surface area contributed by atoms with Crippen LogP contribution in [0.25, 0.3) is 0 Å². The van der Waals surface area contributed by atoms with E-state index in [2.05, 4.69) is 22.9 Å². The summed E-state index contributed by atoms with van der Waals surface area (Å²) in [6.07, 6.45) is 3.29.